The van der Waals surface area contributed by atoms with E-state index >= 15 is 0 Å². The fourth-order valence-electron chi connectivity index (χ4n) is 2.53. The number of benzene rings is 1. The van der Waals surface area contributed by atoms with Gasteiger partial charge in [-0.25, -0.2) is 4.39 Å². The molecule has 0 unspecified atom stereocenters. The Morgan fingerprint density at radius 2 is 1.95 bits per heavy atom. The van der Waals surface area contributed by atoms with Crippen molar-refractivity contribution < 1.29 is 17.6 Å². The van der Waals surface area contributed by atoms with E-state index < -0.39 is 28.6 Å². The van der Waals surface area contributed by atoms with Gasteiger partial charge in [-0.1, -0.05) is 11.6 Å². The van der Waals surface area contributed by atoms with Crippen LogP contribution in [-0.4, -0.2) is 31.1 Å². The highest BCUT2D eigenvalue weighted by molar-refractivity contribution is 6.30. The largest absolute Gasteiger partial charge is 0.416 e. The van der Waals surface area contributed by atoms with Crippen molar-refractivity contribution in [2.45, 2.75) is 18.6 Å². The molecule has 0 bridgehead atoms. The third-order valence-electron chi connectivity index (χ3n) is 3.62. The molecular weight excluding hydrogens is 322 g/mol. The van der Waals surface area contributed by atoms with E-state index in [2.05, 4.69) is 5.32 Å². The number of nitrogens with zero attached hydrogens (tertiary/aromatic N) is 2. The molecule has 1 heterocycles. The molecule has 3 nitrogen and oxygen atoms in total. The number of piperazine rings is 1. The van der Waals surface area contributed by atoms with E-state index in [1.165, 1.54) is 0 Å². The van der Waals surface area contributed by atoms with Crippen LogP contribution in [0, 0.1) is 17.1 Å². The van der Waals surface area contributed by atoms with Gasteiger partial charge in [0.15, 0.2) is 0 Å². The van der Waals surface area contributed by atoms with Gasteiger partial charge in [-0.05, 0) is 12.1 Å². The number of hydrogen-bond acceptors (Lipinski definition) is 3. The maximum Gasteiger partial charge on any atom is 0.416 e. The number of nitriles is 1. The Balaban J connectivity index is 2.46. The Hall–Kier alpha value is -1.36. The predicted octanol–water partition coefficient (Wildman–Crippen LogP) is 3.36. The smallest absolute Gasteiger partial charge is 0.314 e. The molecule has 1 fully saturated rings. The summed E-state index contributed by atoms with van der Waals surface area (Å²) in [4.78, 5) is 1.80. The second-order valence-corrected chi connectivity index (χ2v) is 5.43. The third-order valence-corrected chi connectivity index (χ3v) is 3.89. The van der Waals surface area contributed by atoms with Gasteiger partial charge in [0.25, 0.3) is 0 Å². The zero-order valence-electron chi connectivity index (χ0n) is 11.6. The van der Waals surface area contributed by atoms with Crippen molar-refractivity contribution in [1.29, 1.82) is 5.26 Å². The van der Waals surface area contributed by atoms with Gasteiger partial charge in [0.2, 0.25) is 0 Å². The molecule has 0 spiro atoms. The van der Waals surface area contributed by atoms with Crippen LogP contribution in [-0.2, 0) is 6.18 Å². The van der Waals surface area contributed by atoms with Crippen LogP contribution in [0.3, 0.4) is 0 Å². The normalized spacial score (nSPS) is 18.0. The lowest BCUT2D eigenvalue weighted by molar-refractivity contribution is -0.137. The minimum absolute atomic E-state index is 0.103. The lowest BCUT2D eigenvalue weighted by Gasteiger charge is -2.34. The zero-order chi connectivity index (χ0) is 16.3. The molecule has 8 heteroatoms. The van der Waals surface area contributed by atoms with Crippen molar-refractivity contribution in [1.82, 2.24) is 10.2 Å². The van der Waals surface area contributed by atoms with E-state index in [1.807, 2.05) is 6.07 Å². The van der Waals surface area contributed by atoms with Crippen molar-refractivity contribution >= 4 is 11.6 Å². The van der Waals surface area contributed by atoms with E-state index in [0.29, 0.717) is 32.2 Å². The summed E-state index contributed by atoms with van der Waals surface area (Å²) in [7, 11) is 0. The Labute approximate surface area is 130 Å². The molecule has 1 atom stereocenters. The van der Waals surface area contributed by atoms with Gasteiger partial charge < -0.3 is 5.32 Å². The van der Waals surface area contributed by atoms with Crippen LogP contribution in [0.15, 0.2) is 12.1 Å². The summed E-state index contributed by atoms with van der Waals surface area (Å²) in [6.45, 7) is 2.33. The maximum atomic E-state index is 14.2. The monoisotopic (exact) mass is 335 g/mol. The van der Waals surface area contributed by atoms with Gasteiger partial charge in [0.1, 0.15) is 5.82 Å². The molecule has 1 saturated heterocycles. The van der Waals surface area contributed by atoms with Crippen LogP contribution in [0.1, 0.15) is 23.6 Å². The fourth-order valence-corrected chi connectivity index (χ4v) is 2.76. The molecule has 0 aliphatic carbocycles. The average molecular weight is 336 g/mol. The lowest BCUT2D eigenvalue weighted by Crippen LogP contribution is -2.45. The van der Waals surface area contributed by atoms with E-state index in [4.69, 9.17) is 16.9 Å². The number of halogens is 5. The molecule has 0 saturated carbocycles. The summed E-state index contributed by atoms with van der Waals surface area (Å²) in [5, 5.41) is 11.5. The van der Waals surface area contributed by atoms with Crippen molar-refractivity contribution in [3.8, 4) is 6.07 Å². The molecule has 0 amide bonds. The molecule has 0 aromatic heterocycles. The number of alkyl halides is 3. The summed E-state index contributed by atoms with van der Waals surface area (Å²) in [5.74, 6) is -0.895. The quantitative estimate of drug-likeness (QED) is 0.861. The second-order valence-electron chi connectivity index (χ2n) is 5.02. The lowest BCUT2D eigenvalue weighted by atomic mass is 9.98. The predicted molar refractivity (Wildman–Crippen MR) is 73.8 cm³/mol. The van der Waals surface area contributed by atoms with Gasteiger partial charge in [0.05, 0.1) is 29.1 Å². The van der Waals surface area contributed by atoms with Crippen LogP contribution in [0.4, 0.5) is 17.6 Å². The van der Waals surface area contributed by atoms with Gasteiger partial charge in [-0.15, -0.1) is 0 Å². The van der Waals surface area contributed by atoms with Crippen molar-refractivity contribution in [2.75, 3.05) is 26.2 Å². The first-order valence-electron chi connectivity index (χ1n) is 6.72. The van der Waals surface area contributed by atoms with Gasteiger partial charge in [-0.3, -0.25) is 4.90 Å². The molecule has 1 aromatic carbocycles. The summed E-state index contributed by atoms with van der Waals surface area (Å²) in [6.07, 6.45) is -4.72. The summed E-state index contributed by atoms with van der Waals surface area (Å²) < 4.78 is 53.0. The molecule has 1 aromatic rings. The number of hydrogen-bond donors (Lipinski definition) is 1. The molecule has 120 valence electrons. The molecular formula is C14H14ClF4N3. The molecule has 2 rings (SSSR count). The average Bonchev–Trinajstić information content (AvgIpc) is 2.47. The standard InChI is InChI=1S/C14H14ClF4N3/c15-11-8-9(14(17,18)19)7-10(13(11)16)12(1-2-20)22-5-3-21-4-6-22/h7-8,12,21H,1,3-6H2/t12-/m0/s1. The van der Waals surface area contributed by atoms with E-state index in [1.54, 1.807) is 4.90 Å². The van der Waals surface area contributed by atoms with E-state index in [0.717, 1.165) is 6.07 Å². The zero-order valence-corrected chi connectivity index (χ0v) is 12.3. The van der Waals surface area contributed by atoms with E-state index in [9.17, 15) is 17.6 Å². The Kier molecular flexibility index (Phi) is 5.27. The van der Waals surface area contributed by atoms with E-state index in [-0.39, 0.29) is 12.0 Å². The highest BCUT2D eigenvalue weighted by atomic mass is 35.5. The first-order chi connectivity index (χ1) is 10.3. The second kappa shape index (κ2) is 6.82. The SMILES string of the molecule is N#CC[C@@H](c1cc(C(F)(F)F)cc(Cl)c1F)N1CCNCC1. The number of rotatable bonds is 3. The molecule has 1 aliphatic heterocycles. The Morgan fingerprint density at radius 3 is 2.50 bits per heavy atom. The van der Waals surface area contributed by atoms with Crippen molar-refractivity contribution in [3.05, 3.63) is 34.1 Å². The molecule has 22 heavy (non-hydrogen) atoms. The minimum atomic E-state index is -4.62. The fraction of sp³-hybridized carbons (Fsp3) is 0.500. The Morgan fingerprint density at radius 1 is 1.32 bits per heavy atom. The summed E-state index contributed by atoms with van der Waals surface area (Å²) >= 11 is 5.62. The van der Waals surface area contributed by atoms with Crippen LogP contribution in [0.2, 0.25) is 5.02 Å². The summed E-state index contributed by atoms with van der Waals surface area (Å²) in [5.41, 5.74) is -1.18. The topological polar surface area (TPSA) is 39.1 Å². The minimum Gasteiger partial charge on any atom is -0.314 e. The van der Waals surface area contributed by atoms with Crippen LogP contribution in [0.25, 0.3) is 0 Å². The van der Waals surface area contributed by atoms with Crippen molar-refractivity contribution in [3.63, 3.8) is 0 Å². The first-order valence-corrected chi connectivity index (χ1v) is 7.10. The molecule has 1 N–H and O–H groups in total. The van der Waals surface area contributed by atoms with Gasteiger partial charge in [-0.2, -0.15) is 18.4 Å². The third kappa shape index (κ3) is 3.69. The van der Waals surface area contributed by atoms with Gasteiger partial charge in [0, 0.05) is 31.7 Å². The summed E-state index contributed by atoms with van der Waals surface area (Å²) in [6, 6.07) is 2.50. The van der Waals surface area contributed by atoms with Crippen LogP contribution in [0.5, 0.6) is 0 Å². The Bertz CT molecular complexity index is 577. The van der Waals surface area contributed by atoms with Crippen LogP contribution >= 0.6 is 11.6 Å². The first kappa shape index (κ1) is 17.0. The maximum absolute atomic E-state index is 14.2. The molecule has 0 radical (unpaired) electrons. The van der Waals surface area contributed by atoms with Crippen molar-refractivity contribution in [2.24, 2.45) is 0 Å². The highest BCUT2D eigenvalue weighted by Gasteiger charge is 2.34. The van der Waals surface area contributed by atoms with Gasteiger partial charge >= 0.3 is 6.18 Å². The molecule has 1 aliphatic rings. The van der Waals surface area contributed by atoms with Crippen LogP contribution < -0.4 is 5.32 Å². The highest BCUT2D eigenvalue weighted by Crippen LogP contribution is 2.37. The number of nitrogens with one attached hydrogen (secondary N) is 1.